The molecule has 0 bridgehead atoms. The molecule has 0 amide bonds. The van der Waals surface area contributed by atoms with Crippen molar-refractivity contribution >= 4 is 82.9 Å². The smallest absolute Gasteiger partial charge is 0.137 e. The van der Waals surface area contributed by atoms with Crippen molar-refractivity contribution in [3.63, 3.8) is 0 Å². The predicted molar refractivity (Wildman–Crippen MR) is 302 cm³/mol. The molecule has 11 aromatic carbocycles. The number of fused-ring (bicyclic) bond motifs is 12. The first kappa shape index (κ1) is 41.4. The third kappa shape index (κ3) is 6.27. The fourth-order valence-corrected chi connectivity index (χ4v) is 12.1. The molecule has 0 unspecified atom stereocenters. The van der Waals surface area contributed by atoms with Crippen LogP contribution in [0.15, 0.2) is 250 Å². The fraction of sp³-hybridized carbons (Fsp3) is 0.0435. The van der Waals surface area contributed by atoms with Crippen molar-refractivity contribution in [1.82, 2.24) is 0 Å². The van der Waals surface area contributed by atoms with Crippen LogP contribution in [0.25, 0.3) is 121 Å². The molecule has 3 heterocycles. The number of anilines is 3. The van der Waals surface area contributed by atoms with Crippen molar-refractivity contribution in [2.45, 2.75) is 19.3 Å². The summed E-state index contributed by atoms with van der Waals surface area (Å²) in [5.41, 5.74) is 22.4. The van der Waals surface area contributed by atoms with E-state index in [2.05, 4.69) is 243 Å². The van der Waals surface area contributed by atoms with E-state index in [4.69, 9.17) is 13.3 Å². The normalized spacial score (nSPS) is 12.9. The molecule has 344 valence electrons. The Kier molecular flexibility index (Phi) is 8.97. The lowest BCUT2D eigenvalue weighted by Gasteiger charge is -2.27. The second-order valence-electron chi connectivity index (χ2n) is 19.9. The Labute approximate surface area is 421 Å². The minimum absolute atomic E-state index is 0.177. The van der Waals surface area contributed by atoms with Crippen LogP contribution in [0, 0.1) is 0 Å². The second kappa shape index (κ2) is 15.8. The van der Waals surface area contributed by atoms with Gasteiger partial charge in [0, 0.05) is 54.8 Å². The van der Waals surface area contributed by atoms with Gasteiger partial charge in [0.1, 0.15) is 33.5 Å². The highest BCUT2D eigenvalue weighted by Gasteiger charge is 2.36. The lowest BCUT2D eigenvalue weighted by atomic mass is 9.80. The molecule has 0 radical (unpaired) electrons. The molecule has 3 aromatic heterocycles. The highest BCUT2D eigenvalue weighted by molar-refractivity contribution is 6.21. The number of rotatable bonds is 7. The van der Waals surface area contributed by atoms with Crippen LogP contribution in [0.1, 0.15) is 25.0 Å². The van der Waals surface area contributed by atoms with Gasteiger partial charge in [0.15, 0.2) is 0 Å². The number of hydrogen-bond donors (Lipinski definition) is 0. The van der Waals surface area contributed by atoms with Gasteiger partial charge in [0.2, 0.25) is 0 Å². The zero-order chi connectivity index (χ0) is 48.4. The largest absolute Gasteiger partial charge is 0.456 e. The second-order valence-corrected chi connectivity index (χ2v) is 19.9. The van der Waals surface area contributed by atoms with Crippen LogP contribution in [0.2, 0.25) is 0 Å². The van der Waals surface area contributed by atoms with E-state index in [1.807, 2.05) is 12.1 Å². The number of para-hydroxylation sites is 3. The molecule has 1 aliphatic carbocycles. The molecule has 4 heteroatoms. The van der Waals surface area contributed by atoms with Gasteiger partial charge in [-0.3, -0.25) is 0 Å². The van der Waals surface area contributed by atoms with Crippen LogP contribution in [-0.4, -0.2) is 0 Å². The number of furan rings is 3. The summed E-state index contributed by atoms with van der Waals surface area (Å²) in [5.74, 6) is 0. The van der Waals surface area contributed by atoms with E-state index >= 15 is 0 Å². The number of hydrogen-bond acceptors (Lipinski definition) is 4. The van der Waals surface area contributed by atoms with Gasteiger partial charge in [-0.15, -0.1) is 0 Å². The maximum Gasteiger partial charge on any atom is 0.137 e. The van der Waals surface area contributed by atoms with E-state index < -0.39 is 0 Å². The lowest BCUT2D eigenvalue weighted by Crippen LogP contribution is -2.14. The molecular formula is C69H45NO3. The topological polar surface area (TPSA) is 42.7 Å². The Balaban J connectivity index is 0.962. The average molecular weight is 936 g/mol. The fourth-order valence-electron chi connectivity index (χ4n) is 12.1. The quantitative estimate of drug-likeness (QED) is 0.160. The molecule has 1 aliphatic rings. The van der Waals surface area contributed by atoms with Gasteiger partial charge in [-0.25, -0.2) is 0 Å². The summed E-state index contributed by atoms with van der Waals surface area (Å²) in [4.78, 5) is 2.36. The van der Waals surface area contributed by atoms with E-state index in [1.54, 1.807) is 0 Å². The van der Waals surface area contributed by atoms with E-state index in [-0.39, 0.29) is 5.41 Å². The first-order valence-electron chi connectivity index (χ1n) is 25.1. The minimum atomic E-state index is -0.177. The Morgan fingerprint density at radius 1 is 0.301 bits per heavy atom. The molecule has 14 aromatic rings. The van der Waals surface area contributed by atoms with Crippen molar-refractivity contribution in [3.05, 3.63) is 248 Å². The van der Waals surface area contributed by atoms with Crippen LogP contribution in [-0.2, 0) is 5.41 Å². The van der Waals surface area contributed by atoms with Crippen molar-refractivity contribution in [2.75, 3.05) is 4.90 Å². The van der Waals surface area contributed by atoms with Crippen molar-refractivity contribution in [3.8, 4) is 55.6 Å². The highest BCUT2D eigenvalue weighted by Crippen LogP contribution is 2.53. The molecule has 0 aliphatic heterocycles. The third-order valence-electron chi connectivity index (χ3n) is 15.5. The first-order chi connectivity index (χ1) is 36.0. The van der Waals surface area contributed by atoms with Crippen LogP contribution >= 0.6 is 0 Å². The molecule has 73 heavy (non-hydrogen) atoms. The van der Waals surface area contributed by atoms with E-state index in [1.165, 1.54) is 27.8 Å². The van der Waals surface area contributed by atoms with Crippen molar-refractivity contribution < 1.29 is 13.3 Å². The minimum Gasteiger partial charge on any atom is -0.456 e. The molecule has 0 saturated heterocycles. The highest BCUT2D eigenvalue weighted by atomic mass is 16.3. The van der Waals surface area contributed by atoms with Crippen molar-refractivity contribution in [2.24, 2.45) is 0 Å². The molecule has 0 spiro atoms. The van der Waals surface area contributed by atoms with Crippen LogP contribution in [0.3, 0.4) is 0 Å². The van der Waals surface area contributed by atoms with Gasteiger partial charge < -0.3 is 18.2 Å². The molecule has 4 nitrogen and oxygen atoms in total. The molecule has 0 saturated carbocycles. The third-order valence-corrected chi connectivity index (χ3v) is 15.5. The summed E-state index contributed by atoms with van der Waals surface area (Å²) in [7, 11) is 0. The monoisotopic (exact) mass is 935 g/mol. The van der Waals surface area contributed by atoms with Gasteiger partial charge in [-0.05, 0) is 141 Å². The molecule has 0 atom stereocenters. The summed E-state index contributed by atoms with van der Waals surface area (Å²) in [5, 5.41) is 6.50. The predicted octanol–water partition coefficient (Wildman–Crippen LogP) is 19.8. The lowest BCUT2D eigenvalue weighted by molar-refractivity contribution is 0.660. The van der Waals surface area contributed by atoms with Gasteiger partial charge in [0.05, 0.1) is 11.1 Å². The van der Waals surface area contributed by atoms with Gasteiger partial charge in [0.25, 0.3) is 0 Å². The summed E-state index contributed by atoms with van der Waals surface area (Å²) >= 11 is 0. The maximum atomic E-state index is 6.70. The molecular weight excluding hydrogens is 891 g/mol. The summed E-state index contributed by atoms with van der Waals surface area (Å²) in [6, 6.07) is 84.9. The molecule has 0 fully saturated rings. The zero-order valence-electron chi connectivity index (χ0n) is 40.2. The summed E-state index contributed by atoms with van der Waals surface area (Å²) in [6.45, 7) is 4.71. The molecule has 0 N–H and O–H groups in total. The standard InChI is InChI=1S/C69H45NO3/c1-69(2)55-21-10-6-17-48(55)49-36-31-45(41-56(49)69)65-51(38-40-63-68(65)54-20-9-13-25-60(54)73-63)50-37-39-62-67(53-19-8-12-24-59(53)72-62)64(50)44-29-34-47(35-30-44)70(46-32-27-43(28-33-46)42-15-4-3-5-16-42)57-22-14-26-61-66(57)52-18-7-11-23-58(52)71-61/h3-41H,1-2H3. The summed E-state index contributed by atoms with van der Waals surface area (Å²) in [6.07, 6.45) is 0. The number of nitrogens with zero attached hydrogens (tertiary/aromatic N) is 1. The zero-order valence-corrected chi connectivity index (χ0v) is 40.2. The van der Waals surface area contributed by atoms with Gasteiger partial charge >= 0.3 is 0 Å². The van der Waals surface area contributed by atoms with E-state index in [0.29, 0.717) is 0 Å². The Hall–Kier alpha value is -9.38. The van der Waals surface area contributed by atoms with Crippen molar-refractivity contribution in [1.29, 1.82) is 0 Å². The Morgan fingerprint density at radius 2 is 0.740 bits per heavy atom. The first-order valence-corrected chi connectivity index (χ1v) is 25.1. The Morgan fingerprint density at radius 3 is 1.36 bits per heavy atom. The van der Waals surface area contributed by atoms with E-state index in [0.717, 1.165) is 122 Å². The van der Waals surface area contributed by atoms with Gasteiger partial charge in [-0.2, -0.15) is 0 Å². The van der Waals surface area contributed by atoms with Gasteiger partial charge in [-0.1, -0.05) is 166 Å². The summed E-state index contributed by atoms with van der Waals surface area (Å²) < 4.78 is 19.9. The average Bonchev–Trinajstić information content (AvgIpc) is 4.19. The van der Waals surface area contributed by atoms with E-state index in [9.17, 15) is 0 Å². The Bertz CT molecular complexity index is 4510. The van der Waals surface area contributed by atoms with Crippen LogP contribution in [0.4, 0.5) is 17.1 Å². The number of benzene rings is 11. The van der Waals surface area contributed by atoms with Crippen LogP contribution in [0.5, 0.6) is 0 Å². The van der Waals surface area contributed by atoms with Crippen LogP contribution < -0.4 is 4.90 Å². The molecule has 15 rings (SSSR count). The SMILES string of the molecule is CC1(C)c2ccccc2-c2ccc(-c3c(-c4ccc5oc6ccccc6c5c4-c4ccc(N(c5ccc(-c6ccccc6)cc5)c5cccc6oc7ccccc7c56)cc4)ccc4oc5ccccc5c34)cc21. The maximum absolute atomic E-state index is 6.70.